The van der Waals surface area contributed by atoms with Crippen LogP contribution in [0.2, 0.25) is 0 Å². The van der Waals surface area contributed by atoms with Crippen molar-refractivity contribution in [2.24, 2.45) is 5.92 Å². The van der Waals surface area contributed by atoms with Gasteiger partial charge in [-0.15, -0.1) is 11.3 Å². The fourth-order valence-corrected chi connectivity index (χ4v) is 8.60. The van der Waals surface area contributed by atoms with Crippen LogP contribution in [0, 0.1) is 12.8 Å². The summed E-state index contributed by atoms with van der Waals surface area (Å²) in [5.41, 5.74) is 6.24. The van der Waals surface area contributed by atoms with Crippen molar-refractivity contribution in [2.45, 2.75) is 82.9 Å². The van der Waals surface area contributed by atoms with Gasteiger partial charge in [0.15, 0.2) is 0 Å². The maximum atomic E-state index is 14.2. The Bertz CT molecular complexity index is 2130. The van der Waals surface area contributed by atoms with E-state index in [9.17, 15) is 4.79 Å². The van der Waals surface area contributed by atoms with E-state index in [4.69, 9.17) is 23.7 Å². The maximum absolute atomic E-state index is 14.2. The lowest BCUT2D eigenvalue weighted by molar-refractivity contribution is -0.220. The third kappa shape index (κ3) is 10.4. The van der Waals surface area contributed by atoms with Gasteiger partial charge in [-0.05, 0) is 66.0 Å². The van der Waals surface area contributed by atoms with Crippen LogP contribution in [-0.2, 0) is 45.4 Å². The molecule has 57 heavy (non-hydrogen) atoms. The van der Waals surface area contributed by atoms with Gasteiger partial charge in [0.25, 0.3) is 0 Å². The highest BCUT2D eigenvalue weighted by molar-refractivity contribution is 7.14. The van der Waals surface area contributed by atoms with Crippen molar-refractivity contribution in [1.29, 1.82) is 0 Å². The summed E-state index contributed by atoms with van der Waals surface area (Å²) in [6.45, 7) is 4.05. The lowest BCUT2D eigenvalue weighted by Gasteiger charge is -2.46. The van der Waals surface area contributed by atoms with Crippen LogP contribution < -0.4 is 4.74 Å². The van der Waals surface area contributed by atoms with Crippen molar-refractivity contribution in [3.63, 3.8) is 0 Å². The van der Waals surface area contributed by atoms with Gasteiger partial charge in [-0.2, -0.15) is 0 Å². The van der Waals surface area contributed by atoms with Crippen LogP contribution in [0.1, 0.15) is 73.1 Å². The Morgan fingerprint density at radius 3 is 1.61 bits per heavy atom. The highest BCUT2D eigenvalue weighted by Gasteiger charge is 2.49. The van der Waals surface area contributed by atoms with Gasteiger partial charge in [-0.25, -0.2) is 0 Å². The number of carbonyl (C=O) groups is 1. The predicted molar refractivity (Wildman–Crippen MR) is 225 cm³/mol. The Morgan fingerprint density at radius 1 is 0.596 bits per heavy atom. The number of benzene rings is 5. The summed E-state index contributed by atoms with van der Waals surface area (Å²) in [5, 5.41) is 0. The minimum atomic E-state index is -0.541. The smallest absolute Gasteiger partial charge is 0.206 e. The second-order valence-electron chi connectivity index (χ2n) is 15.2. The van der Waals surface area contributed by atoms with Crippen molar-refractivity contribution in [3.8, 4) is 5.75 Å². The molecule has 0 radical (unpaired) electrons. The molecular formula is C50H50O6S. The lowest BCUT2D eigenvalue weighted by atomic mass is 9.80. The standard InChI is InChI=1S/C50H50O6S/c1-35-28-45(50(57-35)46(51)42-26-24-41(25-27-42)40-22-23-40)56-44-29-43(34-52-30-36-14-6-2-7-15-36)47(53-31-37-16-8-3-9-17-37)49(55-33-39-20-12-5-13-21-39)48(44)54-32-38-18-10-4-11-19-38/h2-21,24-28,40,43-44,47-49H,22-23,29-34H2,1H3/t43-,44-,47-,48+,49-/m1/s1. The van der Waals surface area contributed by atoms with Crippen molar-refractivity contribution >= 4 is 17.1 Å². The van der Waals surface area contributed by atoms with E-state index in [1.54, 1.807) is 0 Å². The number of hydrogen-bond acceptors (Lipinski definition) is 7. The molecule has 6 nitrogen and oxygen atoms in total. The number of ketones is 1. The summed E-state index contributed by atoms with van der Waals surface area (Å²) in [6.07, 6.45) is 1.07. The first-order chi connectivity index (χ1) is 28.1. The number of aryl methyl sites for hydroxylation is 1. The summed E-state index contributed by atoms with van der Waals surface area (Å²) in [5.74, 6) is 1.04. The van der Waals surface area contributed by atoms with E-state index in [1.807, 2.05) is 97.9 Å². The molecule has 0 N–H and O–H groups in total. The minimum absolute atomic E-state index is 0.0355. The molecule has 1 heterocycles. The van der Waals surface area contributed by atoms with E-state index in [-0.39, 0.29) is 17.8 Å². The molecule has 5 aromatic carbocycles. The zero-order chi connectivity index (χ0) is 38.8. The first kappa shape index (κ1) is 39.0. The molecule has 8 rings (SSSR count). The number of thiophene rings is 1. The highest BCUT2D eigenvalue weighted by Crippen LogP contribution is 2.41. The third-order valence-corrected chi connectivity index (χ3v) is 11.9. The lowest BCUT2D eigenvalue weighted by Crippen LogP contribution is -2.59. The Labute approximate surface area is 340 Å². The second kappa shape index (κ2) is 19.0. The first-order valence-electron chi connectivity index (χ1n) is 20.1. The Balaban J connectivity index is 1.13. The van der Waals surface area contributed by atoms with Crippen LogP contribution in [0.3, 0.4) is 0 Å². The predicted octanol–water partition coefficient (Wildman–Crippen LogP) is 10.9. The van der Waals surface area contributed by atoms with Gasteiger partial charge >= 0.3 is 0 Å². The zero-order valence-corrected chi connectivity index (χ0v) is 33.2. The van der Waals surface area contributed by atoms with E-state index >= 15 is 0 Å². The first-order valence-corrected chi connectivity index (χ1v) is 20.9. The average molecular weight is 779 g/mol. The number of carbonyl (C=O) groups excluding carboxylic acids is 1. The SMILES string of the molecule is Cc1cc(O[C@@H]2C[C@H](COCc3ccccc3)[C@@H](OCc3ccccc3)[C@@H](OCc3ccccc3)[C@H]2OCc2ccccc2)c(C(=O)c2ccc(C3CC3)cc2)s1. The molecule has 2 aliphatic rings. The normalized spacial score (nSPS) is 20.6. The van der Waals surface area contributed by atoms with Gasteiger partial charge in [-0.1, -0.05) is 146 Å². The quantitative estimate of drug-likeness (QED) is 0.0810. The van der Waals surface area contributed by atoms with Gasteiger partial charge in [0.1, 0.15) is 28.9 Å². The van der Waals surface area contributed by atoms with Gasteiger partial charge in [0.05, 0.1) is 39.1 Å². The molecule has 2 fully saturated rings. The van der Waals surface area contributed by atoms with Gasteiger partial charge in [0.2, 0.25) is 5.78 Å². The molecule has 0 unspecified atom stereocenters. The van der Waals surface area contributed by atoms with Gasteiger partial charge in [-0.3, -0.25) is 4.79 Å². The largest absolute Gasteiger partial charge is 0.486 e. The topological polar surface area (TPSA) is 63.2 Å². The maximum Gasteiger partial charge on any atom is 0.206 e. The van der Waals surface area contributed by atoms with Crippen LogP contribution in [0.25, 0.3) is 0 Å². The van der Waals surface area contributed by atoms with Crippen LogP contribution in [-0.4, -0.2) is 36.8 Å². The molecule has 0 aliphatic heterocycles. The van der Waals surface area contributed by atoms with E-state index < -0.39 is 18.3 Å². The molecule has 5 atom stereocenters. The fourth-order valence-electron chi connectivity index (χ4n) is 7.69. The van der Waals surface area contributed by atoms with E-state index in [0.717, 1.165) is 27.1 Å². The highest BCUT2D eigenvalue weighted by atomic mass is 32.1. The molecule has 6 aromatic rings. The third-order valence-electron chi connectivity index (χ3n) is 10.8. The van der Waals surface area contributed by atoms with Crippen molar-refractivity contribution in [2.75, 3.05) is 6.61 Å². The van der Waals surface area contributed by atoms with Crippen LogP contribution in [0.4, 0.5) is 0 Å². The van der Waals surface area contributed by atoms with Crippen LogP contribution >= 0.6 is 11.3 Å². The Hall–Kier alpha value is -4.89. The van der Waals surface area contributed by atoms with Crippen molar-refractivity contribution in [3.05, 3.63) is 195 Å². The number of hydrogen-bond donors (Lipinski definition) is 0. The molecule has 1 aromatic heterocycles. The van der Waals surface area contributed by atoms with Gasteiger partial charge < -0.3 is 23.7 Å². The van der Waals surface area contributed by atoms with Crippen molar-refractivity contribution in [1.82, 2.24) is 0 Å². The molecule has 0 amide bonds. The molecule has 2 aliphatic carbocycles. The van der Waals surface area contributed by atoms with Crippen LogP contribution in [0.15, 0.2) is 152 Å². The Morgan fingerprint density at radius 2 is 1.09 bits per heavy atom. The number of rotatable bonds is 18. The zero-order valence-electron chi connectivity index (χ0n) is 32.4. The summed E-state index contributed by atoms with van der Waals surface area (Å²) >= 11 is 1.47. The molecule has 2 saturated carbocycles. The number of ether oxygens (including phenoxy) is 5. The van der Waals surface area contributed by atoms with E-state index in [2.05, 4.69) is 60.7 Å². The molecule has 292 valence electrons. The second-order valence-corrected chi connectivity index (χ2v) is 16.5. The minimum Gasteiger partial charge on any atom is -0.486 e. The Kier molecular flexibility index (Phi) is 13.0. The molecular weight excluding hydrogens is 729 g/mol. The fraction of sp³-hybridized carbons (Fsp3) is 0.300. The molecule has 0 spiro atoms. The van der Waals surface area contributed by atoms with E-state index in [0.29, 0.717) is 61.6 Å². The molecule has 7 heteroatoms. The van der Waals surface area contributed by atoms with E-state index in [1.165, 1.54) is 29.7 Å². The summed E-state index contributed by atoms with van der Waals surface area (Å²) in [7, 11) is 0. The monoisotopic (exact) mass is 778 g/mol. The van der Waals surface area contributed by atoms with Crippen molar-refractivity contribution < 1.29 is 28.5 Å². The summed E-state index contributed by atoms with van der Waals surface area (Å²) in [4.78, 5) is 15.8. The van der Waals surface area contributed by atoms with Crippen LogP contribution in [0.5, 0.6) is 5.75 Å². The summed E-state index contributed by atoms with van der Waals surface area (Å²) < 4.78 is 34.4. The average Bonchev–Trinajstić information content (AvgIpc) is 4.05. The molecule has 0 saturated heterocycles. The summed E-state index contributed by atoms with van der Waals surface area (Å²) in [6, 6.07) is 50.9. The molecule has 0 bridgehead atoms. The van der Waals surface area contributed by atoms with Gasteiger partial charge in [0, 0.05) is 16.4 Å².